The highest BCUT2D eigenvalue weighted by molar-refractivity contribution is 5.77. The Bertz CT molecular complexity index is 164. The molecule has 2 N–H and O–H groups in total. The molecule has 0 fully saturated rings. The van der Waals surface area contributed by atoms with Gasteiger partial charge in [0.1, 0.15) is 6.54 Å². The van der Waals surface area contributed by atoms with E-state index in [0.717, 1.165) is 4.90 Å². The molecule has 6 heteroatoms. The zero-order valence-corrected chi connectivity index (χ0v) is 7.02. The predicted octanol–water partition coefficient (Wildman–Crippen LogP) is 0.815. The highest BCUT2D eigenvalue weighted by atomic mass is 19.4. The van der Waals surface area contributed by atoms with E-state index in [9.17, 15) is 13.2 Å². The highest BCUT2D eigenvalue weighted by Crippen LogP contribution is 2.15. The second-order valence-corrected chi connectivity index (χ2v) is 2.21. The average molecular weight is 183 g/mol. The minimum absolute atomic E-state index is 0.0881. The van der Waals surface area contributed by atoms with Gasteiger partial charge in [-0.2, -0.15) is 13.2 Å². The lowest BCUT2D eigenvalue weighted by Crippen LogP contribution is -2.42. The normalized spacial score (nSPS) is 13.2. The van der Waals surface area contributed by atoms with E-state index in [1.807, 2.05) is 0 Å². The maximum atomic E-state index is 11.8. The van der Waals surface area contributed by atoms with E-state index in [2.05, 4.69) is 4.99 Å². The van der Waals surface area contributed by atoms with E-state index in [-0.39, 0.29) is 12.5 Å². The summed E-state index contributed by atoms with van der Waals surface area (Å²) in [6, 6.07) is 0. The van der Waals surface area contributed by atoms with Crippen LogP contribution in [0.15, 0.2) is 4.99 Å². The monoisotopic (exact) mass is 183 g/mol. The van der Waals surface area contributed by atoms with Crippen LogP contribution in [-0.4, -0.2) is 37.2 Å². The zero-order valence-electron chi connectivity index (χ0n) is 7.02. The highest BCUT2D eigenvalue weighted by Gasteiger charge is 2.30. The molecule has 0 heterocycles. The Morgan fingerprint density at radius 1 is 1.50 bits per heavy atom. The van der Waals surface area contributed by atoms with Crippen molar-refractivity contribution in [1.29, 1.82) is 0 Å². The Labute approximate surface area is 69.1 Å². The van der Waals surface area contributed by atoms with Crippen LogP contribution in [-0.2, 0) is 0 Å². The third-order valence-electron chi connectivity index (χ3n) is 1.30. The molecule has 0 saturated heterocycles. The number of nitrogens with two attached hydrogens (primary N) is 1. The van der Waals surface area contributed by atoms with Crippen molar-refractivity contribution in [3.63, 3.8) is 0 Å². The topological polar surface area (TPSA) is 41.6 Å². The fraction of sp³-hybridized carbons (Fsp3) is 0.833. The molecule has 0 saturated carbocycles. The van der Waals surface area contributed by atoms with Crippen LogP contribution in [0, 0.1) is 0 Å². The predicted molar refractivity (Wildman–Crippen MR) is 40.8 cm³/mol. The molecule has 0 aliphatic rings. The van der Waals surface area contributed by atoms with E-state index >= 15 is 0 Å². The molecule has 0 aromatic heterocycles. The van der Waals surface area contributed by atoms with Gasteiger partial charge >= 0.3 is 6.18 Å². The molecule has 0 aromatic rings. The van der Waals surface area contributed by atoms with Gasteiger partial charge in [-0.05, 0) is 6.92 Å². The Balaban J connectivity index is 4.19. The summed E-state index contributed by atoms with van der Waals surface area (Å²) < 4.78 is 35.5. The Hall–Kier alpha value is -0.940. The van der Waals surface area contributed by atoms with E-state index in [1.54, 1.807) is 6.92 Å². The SMILES string of the molecule is CCN(CC(F)(F)F)C(N)=NC. The summed E-state index contributed by atoms with van der Waals surface area (Å²) in [4.78, 5) is 4.42. The molecule has 0 unspecified atom stereocenters. The van der Waals surface area contributed by atoms with E-state index in [4.69, 9.17) is 5.73 Å². The zero-order chi connectivity index (χ0) is 9.78. The Morgan fingerprint density at radius 3 is 2.25 bits per heavy atom. The molecule has 0 atom stereocenters. The fourth-order valence-corrected chi connectivity index (χ4v) is 0.713. The summed E-state index contributed by atoms with van der Waals surface area (Å²) in [5.41, 5.74) is 5.21. The lowest BCUT2D eigenvalue weighted by atomic mass is 10.5. The molecule has 0 spiro atoms. The standard InChI is InChI=1S/C6H12F3N3/c1-3-12(5(10)11-2)4-6(7,8)9/h3-4H2,1-2H3,(H2,10,11). The molecule has 12 heavy (non-hydrogen) atoms. The number of rotatable bonds is 2. The number of halogens is 3. The first-order valence-corrected chi connectivity index (χ1v) is 3.44. The number of nitrogens with zero attached hydrogens (tertiary/aromatic N) is 2. The summed E-state index contributed by atoms with van der Waals surface area (Å²) in [6.45, 7) is 0.735. The van der Waals surface area contributed by atoms with Crippen molar-refractivity contribution in [2.75, 3.05) is 20.1 Å². The van der Waals surface area contributed by atoms with Crippen LogP contribution >= 0.6 is 0 Å². The van der Waals surface area contributed by atoms with Crippen LogP contribution in [0.25, 0.3) is 0 Å². The van der Waals surface area contributed by atoms with Crippen LogP contribution in [0.5, 0.6) is 0 Å². The van der Waals surface area contributed by atoms with E-state index in [0.29, 0.717) is 0 Å². The van der Waals surface area contributed by atoms with Crippen LogP contribution in [0.2, 0.25) is 0 Å². The lowest BCUT2D eigenvalue weighted by Gasteiger charge is -2.22. The molecular weight excluding hydrogens is 171 g/mol. The molecule has 0 radical (unpaired) electrons. The molecule has 0 aliphatic heterocycles. The lowest BCUT2D eigenvalue weighted by molar-refractivity contribution is -0.137. The molecule has 72 valence electrons. The van der Waals surface area contributed by atoms with Gasteiger partial charge < -0.3 is 10.6 Å². The maximum absolute atomic E-state index is 11.8. The number of hydrogen-bond acceptors (Lipinski definition) is 1. The van der Waals surface area contributed by atoms with Crippen LogP contribution in [0.4, 0.5) is 13.2 Å². The van der Waals surface area contributed by atoms with Gasteiger partial charge in [0.25, 0.3) is 0 Å². The first kappa shape index (κ1) is 11.1. The number of aliphatic imine (C=N–C) groups is 1. The van der Waals surface area contributed by atoms with Crippen molar-refractivity contribution in [2.24, 2.45) is 10.7 Å². The summed E-state index contributed by atoms with van der Waals surface area (Å²) in [5, 5.41) is 0. The van der Waals surface area contributed by atoms with Crippen LogP contribution in [0.1, 0.15) is 6.92 Å². The Kier molecular flexibility index (Phi) is 3.85. The summed E-state index contributed by atoms with van der Waals surface area (Å²) in [6.07, 6.45) is -4.23. The second kappa shape index (κ2) is 4.18. The number of hydrogen-bond donors (Lipinski definition) is 1. The summed E-state index contributed by atoms with van der Waals surface area (Å²) in [7, 11) is 1.36. The second-order valence-electron chi connectivity index (χ2n) is 2.21. The van der Waals surface area contributed by atoms with Crippen LogP contribution in [0.3, 0.4) is 0 Å². The van der Waals surface area contributed by atoms with Gasteiger partial charge in [0.05, 0.1) is 0 Å². The first-order chi connectivity index (χ1) is 5.40. The molecule has 0 aliphatic carbocycles. The number of guanidine groups is 1. The van der Waals surface area contributed by atoms with Gasteiger partial charge in [0.2, 0.25) is 0 Å². The summed E-state index contributed by atoms with van der Waals surface area (Å²) in [5.74, 6) is -0.0881. The molecular formula is C6H12F3N3. The largest absolute Gasteiger partial charge is 0.406 e. The number of alkyl halides is 3. The minimum atomic E-state index is -4.23. The van der Waals surface area contributed by atoms with Gasteiger partial charge in [-0.25, -0.2) is 0 Å². The maximum Gasteiger partial charge on any atom is 0.406 e. The molecule has 0 rings (SSSR count). The molecule has 0 bridgehead atoms. The van der Waals surface area contributed by atoms with Crippen molar-refractivity contribution < 1.29 is 13.2 Å². The summed E-state index contributed by atoms with van der Waals surface area (Å²) >= 11 is 0. The van der Waals surface area contributed by atoms with E-state index in [1.165, 1.54) is 7.05 Å². The van der Waals surface area contributed by atoms with Gasteiger partial charge in [-0.3, -0.25) is 4.99 Å². The first-order valence-electron chi connectivity index (χ1n) is 3.44. The van der Waals surface area contributed by atoms with Gasteiger partial charge in [0.15, 0.2) is 5.96 Å². The van der Waals surface area contributed by atoms with Crippen molar-refractivity contribution in [2.45, 2.75) is 13.1 Å². The van der Waals surface area contributed by atoms with Gasteiger partial charge in [-0.1, -0.05) is 0 Å². The van der Waals surface area contributed by atoms with Crippen molar-refractivity contribution in [3.05, 3.63) is 0 Å². The smallest absolute Gasteiger partial charge is 0.370 e. The fourth-order valence-electron chi connectivity index (χ4n) is 0.713. The van der Waals surface area contributed by atoms with Crippen molar-refractivity contribution >= 4 is 5.96 Å². The van der Waals surface area contributed by atoms with Gasteiger partial charge in [0, 0.05) is 13.6 Å². The third-order valence-corrected chi connectivity index (χ3v) is 1.30. The quantitative estimate of drug-likeness (QED) is 0.508. The third kappa shape index (κ3) is 4.05. The van der Waals surface area contributed by atoms with Crippen LogP contribution < -0.4 is 5.73 Å². The van der Waals surface area contributed by atoms with E-state index < -0.39 is 12.7 Å². The molecule has 0 amide bonds. The average Bonchev–Trinajstić information content (AvgIpc) is 1.97. The van der Waals surface area contributed by atoms with Crippen molar-refractivity contribution in [3.8, 4) is 0 Å². The van der Waals surface area contributed by atoms with Crippen molar-refractivity contribution in [1.82, 2.24) is 4.90 Å². The van der Waals surface area contributed by atoms with Gasteiger partial charge in [-0.15, -0.1) is 0 Å². The molecule has 3 nitrogen and oxygen atoms in total. The Morgan fingerprint density at radius 2 is 2.00 bits per heavy atom. The minimum Gasteiger partial charge on any atom is -0.370 e. The molecule has 0 aromatic carbocycles.